The number of amides is 1. The first-order valence-corrected chi connectivity index (χ1v) is 10.4. The molecule has 1 saturated heterocycles. The molecule has 0 radical (unpaired) electrons. The normalized spacial score (nSPS) is 17.9. The molecule has 1 aromatic heterocycles. The lowest BCUT2D eigenvalue weighted by atomic mass is 9.83. The van der Waals surface area contributed by atoms with Crippen LogP contribution >= 0.6 is 0 Å². The Morgan fingerprint density at radius 2 is 1.76 bits per heavy atom. The summed E-state index contributed by atoms with van der Waals surface area (Å²) in [6.07, 6.45) is 8.31. The lowest BCUT2D eigenvalue weighted by Crippen LogP contribution is -2.31. The minimum Gasteiger partial charge on any atom is -0.364 e. The number of piperidine rings is 1. The fraction of sp³-hybridized carbons (Fsp3) is 0.455. The molecule has 7 heteroatoms. The van der Waals surface area contributed by atoms with Crippen molar-refractivity contribution in [3.8, 4) is 0 Å². The number of anilines is 3. The maximum atomic E-state index is 11.8. The quantitative estimate of drug-likeness (QED) is 0.806. The van der Waals surface area contributed by atoms with Crippen molar-refractivity contribution in [3.05, 3.63) is 41.7 Å². The molecule has 0 atom stereocenters. The van der Waals surface area contributed by atoms with Gasteiger partial charge < -0.3 is 16.0 Å². The van der Waals surface area contributed by atoms with Gasteiger partial charge in [0.25, 0.3) is 5.91 Å². The highest BCUT2D eigenvalue weighted by Crippen LogP contribution is 2.32. The summed E-state index contributed by atoms with van der Waals surface area (Å²) < 4.78 is 0. The van der Waals surface area contributed by atoms with E-state index in [0.29, 0.717) is 30.4 Å². The average Bonchev–Trinajstić information content (AvgIpc) is 2.75. The summed E-state index contributed by atoms with van der Waals surface area (Å²) in [6.45, 7) is 1.89. The molecule has 1 aromatic carbocycles. The number of benzene rings is 1. The van der Waals surface area contributed by atoms with Gasteiger partial charge in [0, 0.05) is 31.6 Å². The Labute approximate surface area is 170 Å². The van der Waals surface area contributed by atoms with Crippen LogP contribution < -0.4 is 16.0 Å². The molecule has 0 spiro atoms. The molecule has 4 rings (SSSR count). The zero-order chi connectivity index (χ0) is 20.2. The Bertz CT molecular complexity index is 881. The summed E-state index contributed by atoms with van der Waals surface area (Å²) in [4.78, 5) is 34.4. The molecule has 1 aliphatic carbocycles. The van der Waals surface area contributed by atoms with Gasteiger partial charge in [-0.3, -0.25) is 9.59 Å². The second-order valence-electron chi connectivity index (χ2n) is 7.90. The van der Waals surface area contributed by atoms with Crippen LogP contribution in [-0.2, 0) is 4.79 Å². The molecule has 1 aliphatic heterocycles. The molecule has 0 unspecified atom stereocenters. The molecular formula is C22H27N5O2. The van der Waals surface area contributed by atoms with E-state index in [0.717, 1.165) is 50.3 Å². The molecule has 7 nitrogen and oxygen atoms in total. The summed E-state index contributed by atoms with van der Waals surface area (Å²) in [5, 5.41) is 3.22. The number of ketones is 1. The van der Waals surface area contributed by atoms with Crippen molar-refractivity contribution in [3.63, 3.8) is 0 Å². The number of carbonyl (C=O) groups excluding carboxylic acids is 2. The maximum Gasteiger partial charge on any atom is 0.271 e. The second kappa shape index (κ2) is 8.59. The second-order valence-corrected chi connectivity index (χ2v) is 7.90. The number of primary amides is 1. The number of hydrogen-bond acceptors (Lipinski definition) is 6. The van der Waals surface area contributed by atoms with E-state index in [4.69, 9.17) is 5.73 Å². The van der Waals surface area contributed by atoms with Crippen molar-refractivity contribution in [2.24, 2.45) is 5.73 Å². The lowest BCUT2D eigenvalue weighted by molar-refractivity contribution is -0.120. The van der Waals surface area contributed by atoms with Crippen LogP contribution in [0.5, 0.6) is 0 Å². The fourth-order valence-electron chi connectivity index (χ4n) is 4.17. The van der Waals surface area contributed by atoms with Gasteiger partial charge in [0.05, 0.1) is 6.20 Å². The van der Waals surface area contributed by atoms with Crippen molar-refractivity contribution < 1.29 is 9.59 Å². The molecule has 152 valence electrons. The molecule has 2 heterocycles. The van der Waals surface area contributed by atoms with Crippen molar-refractivity contribution >= 4 is 29.0 Å². The van der Waals surface area contributed by atoms with Crippen LogP contribution in [0.3, 0.4) is 0 Å². The Hall–Kier alpha value is -2.96. The number of hydrogen-bond donors (Lipinski definition) is 2. The lowest BCUT2D eigenvalue weighted by Gasteiger charge is -2.27. The van der Waals surface area contributed by atoms with Gasteiger partial charge >= 0.3 is 0 Å². The average molecular weight is 393 g/mol. The number of carbonyl (C=O) groups is 2. The van der Waals surface area contributed by atoms with E-state index >= 15 is 0 Å². The highest BCUT2D eigenvalue weighted by atomic mass is 16.1. The predicted octanol–water partition coefficient (Wildman–Crippen LogP) is 3.54. The SMILES string of the molecule is NC(=O)c1ncc(N2CCCCC2)nc1Nc1ccc(C2CCC(=O)CC2)cc1. The third kappa shape index (κ3) is 4.55. The Morgan fingerprint density at radius 1 is 1.07 bits per heavy atom. The van der Waals surface area contributed by atoms with Gasteiger partial charge in [0.2, 0.25) is 0 Å². The fourth-order valence-corrected chi connectivity index (χ4v) is 4.17. The molecule has 0 bridgehead atoms. The molecule has 2 fully saturated rings. The van der Waals surface area contributed by atoms with Crippen molar-refractivity contribution in [2.45, 2.75) is 50.9 Å². The van der Waals surface area contributed by atoms with Gasteiger partial charge in [-0.15, -0.1) is 0 Å². The smallest absolute Gasteiger partial charge is 0.271 e. The standard InChI is InChI=1S/C22H27N5O2/c23-21(29)20-22(26-19(14-24-20)27-12-2-1-3-13-27)25-17-8-4-15(5-9-17)16-6-10-18(28)11-7-16/h4-5,8-9,14,16H,1-3,6-7,10-13H2,(H2,23,29)(H,25,26). The van der Waals surface area contributed by atoms with E-state index < -0.39 is 5.91 Å². The molecule has 29 heavy (non-hydrogen) atoms. The van der Waals surface area contributed by atoms with Gasteiger partial charge in [-0.25, -0.2) is 9.97 Å². The Morgan fingerprint density at radius 3 is 2.41 bits per heavy atom. The van der Waals surface area contributed by atoms with Gasteiger partial charge in [0.15, 0.2) is 11.5 Å². The van der Waals surface area contributed by atoms with Gasteiger partial charge in [-0.2, -0.15) is 0 Å². The first kappa shape index (κ1) is 19.4. The van der Waals surface area contributed by atoms with E-state index in [9.17, 15) is 9.59 Å². The highest BCUT2D eigenvalue weighted by Gasteiger charge is 2.21. The van der Waals surface area contributed by atoms with Crippen molar-refractivity contribution in [2.75, 3.05) is 23.3 Å². The maximum absolute atomic E-state index is 11.8. The molecule has 3 N–H and O–H groups in total. The third-order valence-corrected chi connectivity index (χ3v) is 5.86. The van der Waals surface area contributed by atoms with E-state index in [1.807, 2.05) is 12.1 Å². The van der Waals surface area contributed by atoms with Crippen LogP contribution in [0.2, 0.25) is 0 Å². The van der Waals surface area contributed by atoms with E-state index in [1.54, 1.807) is 6.20 Å². The number of nitrogens with two attached hydrogens (primary N) is 1. The molecule has 2 aliphatic rings. The summed E-state index contributed by atoms with van der Waals surface area (Å²) in [6, 6.07) is 8.11. The van der Waals surface area contributed by atoms with Crippen LogP contribution in [0, 0.1) is 0 Å². The molecule has 2 aromatic rings. The third-order valence-electron chi connectivity index (χ3n) is 5.86. The largest absolute Gasteiger partial charge is 0.364 e. The summed E-state index contributed by atoms with van der Waals surface area (Å²) in [5.74, 6) is 1.35. The van der Waals surface area contributed by atoms with Gasteiger partial charge in [-0.05, 0) is 55.7 Å². The minimum absolute atomic E-state index is 0.139. The van der Waals surface area contributed by atoms with Crippen molar-refractivity contribution in [1.82, 2.24) is 9.97 Å². The van der Waals surface area contributed by atoms with Gasteiger partial charge in [-0.1, -0.05) is 12.1 Å². The Balaban J connectivity index is 1.52. The zero-order valence-corrected chi connectivity index (χ0v) is 16.6. The van der Waals surface area contributed by atoms with Crippen LogP contribution in [0.25, 0.3) is 0 Å². The number of nitrogens with one attached hydrogen (secondary N) is 1. The number of Topliss-reactive ketones (excluding diaryl/α,β-unsaturated/α-hetero) is 1. The van der Waals surface area contributed by atoms with Crippen LogP contribution in [0.15, 0.2) is 30.5 Å². The van der Waals surface area contributed by atoms with E-state index in [1.165, 1.54) is 12.0 Å². The topological polar surface area (TPSA) is 101 Å². The highest BCUT2D eigenvalue weighted by molar-refractivity contribution is 5.96. The predicted molar refractivity (Wildman–Crippen MR) is 113 cm³/mol. The number of rotatable bonds is 5. The van der Waals surface area contributed by atoms with Crippen LogP contribution in [-0.4, -0.2) is 34.7 Å². The van der Waals surface area contributed by atoms with E-state index in [-0.39, 0.29) is 5.69 Å². The van der Waals surface area contributed by atoms with Crippen LogP contribution in [0.1, 0.15) is 66.9 Å². The van der Waals surface area contributed by atoms with Crippen molar-refractivity contribution in [1.29, 1.82) is 0 Å². The number of aromatic nitrogens is 2. The summed E-state index contributed by atoms with van der Waals surface area (Å²) >= 11 is 0. The minimum atomic E-state index is -0.603. The van der Waals surface area contributed by atoms with E-state index in [2.05, 4.69) is 32.3 Å². The number of nitrogens with zero attached hydrogens (tertiary/aromatic N) is 3. The first-order valence-electron chi connectivity index (χ1n) is 10.4. The molecule has 1 amide bonds. The van der Waals surface area contributed by atoms with Crippen LogP contribution in [0.4, 0.5) is 17.3 Å². The molecule has 1 saturated carbocycles. The summed E-state index contributed by atoms with van der Waals surface area (Å²) in [5.41, 5.74) is 7.72. The molecular weight excluding hydrogens is 366 g/mol. The Kier molecular flexibility index (Phi) is 5.74. The van der Waals surface area contributed by atoms with Gasteiger partial charge in [0.1, 0.15) is 11.6 Å². The monoisotopic (exact) mass is 393 g/mol. The summed E-state index contributed by atoms with van der Waals surface area (Å²) in [7, 11) is 0. The first-order chi connectivity index (χ1) is 14.1. The zero-order valence-electron chi connectivity index (χ0n) is 16.6.